The zero-order valence-corrected chi connectivity index (χ0v) is 24.6. The van der Waals surface area contributed by atoms with Crippen molar-refractivity contribution in [1.29, 1.82) is 0 Å². The third-order valence-electron chi connectivity index (χ3n) is 10.4. The van der Waals surface area contributed by atoms with Crippen LogP contribution in [0.2, 0.25) is 0 Å². The van der Waals surface area contributed by atoms with E-state index in [9.17, 15) is 24.6 Å². The largest absolute Gasteiger partial charge is 0.455 e. The number of fused-ring (bicyclic) bond motifs is 5. The highest BCUT2D eigenvalue weighted by Gasteiger charge is 2.78. The summed E-state index contributed by atoms with van der Waals surface area (Å²) < 4.78 is 30.1. The van der Waals surface area contributed by atoms with E-state index in [4.69, 9.17) is 23.7 Å². The van der Waals surface area contributed by atoms with Crippen LogP contribution in [0, 0.1) is 16.7 Å². The second-order valence-corrected chi connectivity index (χ2v) is 12.6. The first-order valence-corrected chi connectivity index (χ1v) is 14.0. The molecule has 0 radical (unpaired) electrons. The van der Waals surface area contributed by atoms with Crippen molar-refractivity contribution in [3.05, 3.63) is 47.0 Å². The summed E-state index contributed by atoms with van der Waals surface area (Å²) in [7, 11) is 2.89. The molecule has 9 atom stereocenters. The van der Waals surface area contributed by atoms with E-state index in [1.807, 2.05) is 0 Å². The van der Waals surface area contributed by atoms with Gasteiger partial charge < -0.3 is 33.9 Å². The quantitative estimate of drug-likeness (QED) is 0.400. The zero-order valence-electron chi connectivity index (χ0n) is 24.6. The van der Waals surface area contributed by atoms with Gasteiger partial charge in [0.05, 0.1) is 35.7 Å². The van der Waals surface area contributed by atoms with Crippen molar-refractivity contribution in [2.45, 2.75) is 89.2 Å². The number of esters is 2. The first kappa shape index (κ1) is 29.8. The van der Waals surface area contributed by atoms with Crippen LogP contribution >= 0.6 is 0 Å². The minimum Gasteiger partial charge on any atom is -0.455 e. The second-order valence-electron chi connectivity index (χ2n) is 12.6. The Morgan fingerprint density at radius 1 is 1.07 bits per heavy atom. The van der Waals surface area contributed by atoms with Gasteiger partial charge in [0.15, 0.2) is 11.4 Å². The zero-order chi connectivity index (χ0) is 30.1. The molecule has 224 valence electrons. The number of ether oxygens (including phenoxy) is 5. The van der Waals surface area contributed by atoms with Crippen molar-refractivity contribution in [1.82, 2.24) is 0 Å². The van der Waals surface area contributed by atoms with Gasteiger partial charge in [-0.1, -0.05) is 32.0 Å². The first-order chi connectivity index (χ1) is 19.2. The van der Waals surface area contributed by atoms with Crippen LogP contribution in [0.25, 0.3) is 0 Å². The fourth-order valence-electron chi connectivity index (χ4n) is 8.17. The van der Waals surface area contributed by atoms with Crippen molar-refractivity contribution >= 4 is 17.7 Å². The van der Waals surface area contributed by atoms with Gasteiger partial charge in [-0.05, 0) is 37.1 Å². The lowest BCUT2D eigenvalue weighted by Crippen LogP contribution is -2.82. The molecule has 3 aliphatic carbocycles. The van der Waals surface area contributed by atoms with E-state index < -0.39 is 70.4 Å². The molecule has 2 N–H and O–H groups in total. The van der Waals surface area contributed by atoms with Crippen molar-refractivity contribution in [3.8, 4) is 0 Å². The van der Waals surface area contributed by atoms with Crippen LogP contribution in [0.1, 0.15) is 57.8 Å². The smallest absolute Gasteiger partial charge is 0.338 e. The van der Waals surface area contributed by atoms with E-state index in [1.54, 1.807) is 58.0 Å². The average Bonchev–Trinajstić information content (AvgIpc) is 2.91. The number of Topliss-reactive ketones (excluding diaryl/α,β-unsaturated/α-hetero) is 1. The number of hydrogen-bond donors (Lipinski definition) is 2. The van der Waals surface area contributed by atoms with Crippen LogP contribution in [0.15, 0.2) is 41.5 Å². The van der Waals surface area contributed by atoms with E-state index in [0.717, 1.165) is 0 Å². The number of rotatable bonds is 5. The maximum Gasteiger partial charge on any atom is 0.338 e. The molecule has 9 unspecified atom stereocenters. The Hall–Kier alpha value is -2.63. The highest BCUT2D eigenvalue weighted by molar-refractivity contribution is 5.94. The molecule has 1 aromatic rings. The molecule has 10 heteroatoms. The lowest BCUT2D eigenvalue weighted by molar-refractivity contribution is -0.347. The summed E-state index contributed by atoms with van der Waals surface area (Å²) in [4.78, 5) is 41.2. The van der Waals surface area contributed by atoms with Crippen molar-refractivity contribution < 1.29 is 48.3 Å². The number of carbonyl (C=O) groups excluding carboxylic acids is 3. The van der Waals surface area contributed by atoms with Gasteiger partial charge in [-0.15, -0.1) is 0 Å². The standard InChI is InChI=1S/C31H40O10/c1-16-19(33)14-31(36)26(40-27(35)18-11-9-8-10-12-18)24-29(5,25(34)23(38-7)22(16)28(31,3)4)20(37-6)13-21-30(24,15-39-21)41-17(2)32/h8-12,19-21,23-24,26,33,36H,13-15H2,1-7H3. The molecule has 2 saturated carbocycles. The Morgan fingerprint density at radius 3 is 2.27 bits per heavy atom. The summed E-state index contributed by atoms with van der Waals surface area (Å²) in [5.41, 5.74) is -4.88. The number of aliphatic hydroxyl groups excluding tert-OH is 1. The van der Waals surface area contributed by atoms with Crippen LogP contribution in [0.3, 0.4) is 0 Å². The Morgan fingerprint density at radius 2 is 1.73 bits per heavy atom. The van der Waals surface area contributed by atoms with Crippen LogP contribution in [-0.4, -0.2) is 90.5 Å². The van der Waals surface area contributed by atoms with E-state index in [1.165, 1.54) is 21.1 Å². The van der Waals surface area contributed by atoms with E-state index in [-0.39, 0.29) is 30.8 Å². The average molecular weight is 573 g/mol. The fourth-order valence-corrected chi connectivity index (χ4v) is 8.17. The minimum atomic E-state index is -1.93. The number of carbonyl (C=O) groups is 3. The molecule has 0 aromatic heterocycles. The van der Waals surface area contributed by atoms with Gasteiger partial charge in [-0.3, -0.25) is 9.59 Å². The van der Waals surface area contributed by atoms with Gasteiger partial charge >= 0.3 is 11.9 Å². The predicted octanol–water partition coefficient (Wildman–Crippen LogP) is 2.39. The number of ketones is 1. The van der Waals surface area contributed by atoms with Gasteiger partial charge in [0, 0.05) is 39.4 Å². The van der Waals surface area contributed by atoms with Crippen LogP contribution in [-0.2, 0) is 33.3 Å². The summed E-state index contributed by atoms with van der Waals surface area (Å²) in [6.45, 7) is 8.13. The van der Waals surface area contributed by atoms with Gasteiger partial charge in [-0.25, -0.2) is 4.79 Å². The normalized spacial score (nSPS) is 41.2. The summed E-state index contributed by atoms with van der Waals surface area (Å²) >= 11 is 0. The number of aliphatic hydroxyl groups is 2. The molecule has 1 aromatic carbocycles. The van der Waals surface area contributed by atoms with E-state index in [0.29, 0.717) is 11.1 Å². The molecule has 1 saturated heterocycles. The first-order valence-electron chi connectivity index (χ1n) is 14.0. The predicted molar refractivity (Wildman–Crippen MR) is 145 cm³/mol. The van der Waals surface area contributed by atoms with Gasteiger partial charge in [-0.2, -0.15) is 0 Å². The lowest BCUT2D eigenvalue weighted by atomic mass is 9.44. The second kappa shape index (κ2) is 9.98. The molecule has 3 fully saturated rings. The SMILES string of the molecule is COC1C(=O)C2(C)C(OC)CC3OCC3(OC(C)=O)C2C(OC(=O)c2ccccc2)C2(O)CC(O)C(C)=C1C2(C)C. The molecule has 1 aliphatic heterocycles. The Bertz CT molecular complexity index is 1270. The molecule has 1 heterocycles. The molecule has 10 nitrogen and oxygen atoms in total. The molecular formula is C31H40O10. The molecule has 0 spiro atoms. The summed E-state index contributed by atoms with van der Waals surface area (Å²) in [5.74, 6) is -2.83. The molecule has 4 aliphatic rings. The molecular weight excluding hydrogens is 532 g/mol. The van der Waals surface area contributed by atoms with Crippen LogP contribution in [0.4, 0.5) is 0 Å². The van der Waals surface area contributed by atoms with Crippen LogP contribution < -0.4 is 0 Å². The lowest BCUT2D eigenvalue weighted by Gasteiger charge is -2.67. The highest BCUT2D eigenvalue weighted by atomic mass is 16.6. The highest BCUT2D eigenvalue weighted by Crippen LogP contribution is 2.64. The molecule has 0 amide bonds. The van der Waals surface area contributed by atoms with Gasteiger partial charge in [0.2, 0.25) is 0 Å². The Labute approximate surface area is 239 Å². The van der Waals surface area contributed by atoms with Gasteiger partial charge in [0.25, 0.3) is 0 Å². The van der Waals surface area contributed by atoms with E-state index in [2.05, 4.69) is 0 Å². The third-order valence-corrected chi connectivity index (χ3v) is 10.4. The summed E-state index contributed by atoms with van der Waals surface area (Å²) in [6, 6.07) is 8.32. The molecule has 5 rings (SSSR count). The number of hydrogen-bond acceptors (Lipinski definition) is 10. The number of methoxy groups -OCH3 is 2. The maximum absolute atomic E-state index is 14.9. The fraction of sp³-hybridized carbons (Fsp3) is 0.645. The Balaban J connectivity index is 1.84. The maximum atomic E-state index is 14.9. The molecule has 41 heavy (non-hydrogen) atoms. The topological polar surface area (TPSA) is 138 Å². The van der Waals surface area contributed by atoms with E-state index >= 15 is 0 Å². The van der Waals surface area contributed by atoms with Crippen molar-refractivity contribution in [3.63, 3.8) is 0 Å². The van der Waals surface area contributed by atoms with Crippen molar-refractivity contribution in [2.24, 2.45) is 16.7 Å². The summed E-state index contributed by atoms with van der Waals surface area (Å²) in [5, 5.41) is 24.2. The van der Waals surface area contributed by atoms with Crippen LogP contribution in [0.5, 0.6) is 0 Å². The minimum absolute atomic E-state index is 0.0704. The third kappa shape index (κ3) is 3.98. The van der Waals surface area contributed by atoms with Gasteiger partial charge in [0.1, 0.15) is 23.9 Å². The monoisotopic (exact) mass is 572 g/mol. The Kier molecular flexibility index (Phi) is 7.27. The van der Waals surface area contributed by atoms with Crippen molar-refractivity contribution in [2.75, 3.05) is 20.8 Å². The molecule has 2 bridgehead atoms. The number of benzene rings is 1. The summed E-state index contributed by atoms with van der Waals surface area (Å²) in [6.07, 6.45) is -5.17.